The van der Waals surface area contributed by atoms with Crippen molar-refractivity contribution in [2.45, 2.75) is 0 Å². The maximum Gasteiger partial charge on any atom is 0.333 e. The summed E-state index contributed by atoms with van der Waals surface area (Å²) >= 11 is 0. The molecule has 2 aromatic heterocycles. The number of hydrogen-bond donors (Lipinski definition) is 3. The van der Waals surface area contributed by atoms with Gasteiger partial charge in [-0.05, 0) is 36.4 Å². The van der Waals surface area contributed by atoms with Crippen LogP contribution in [0.25, 0.3) is 21.8 Å². The number of alkyl halides is 2. The molecule has 0 radical (unpaired) electrons. The first-order valence-corrected chi connectivity index (χ1v) is 11.4. The van der Waals surface area contributed by atoms with E-state index in [2.05, 4.69) is 15.7 Å². The molecule has 13 heteroatoms. The Morgan fingerprint density at radius 3 is 2.61 bits per heavy atom. The fourth-order valence-corrected chi connectivity index (χ4v) is 3.80. The van der Waals surface area contributed by atoms with Crippen LogP contribution in [0, 0.1) is 0 Å². The molecule has 4 aromatic rings. The molecular formula is C25H24F2N6O5. The fraction of sp³-hybridized carbons (Fsp3) is 0.200. The number of primary amides is 1. The molecule has 0 unspecified atom stereocenters. The smallest absolute Gasteiger partial charge is 0.333 e. The third kappa shape index (κ3) is 5.40. The first-order chi connectivity index (χ1) is 18.4. The Labute approximate surface area is 215 Å². The number of nitrogens with zero attached hydrogens (tertiary/aromatic N) is 3. The van der Waals surface area contributed by atoms with Crippen LogP contribution in [0.4, 0.5) is 18.4 Å². The zero-order valence-electron chi connectivity index (χ0n) is 20.2. The number of ether oxygens (including phenoxy) is 2. The molecule has 0 saturated heterocycles. The minimum Gasteiger partial charge on any atom is -0.496 e. The van der Waals surface area contributed by atoms with E-state index in [-0.39, 0.29) is 17.9 Å². The summed E-state index contributed by atoms with van der Waals surface area (Å²) in [6.07, 6.45) is 3.09. The van der Waals surface area contributed by atoms with Crippen LogP contribution in [0.5, 0.6) is 17.2 Å². The van der Waals surface area contributed by atoms with Crippen molar-refractivity contribution in [1.82, 2.24) is 25.3 Å². The Balaban J connectivity index is 1.66. The number of rotatable bonds is 8. The Morgan fingerprint density at radius 1 is 1.08 bits per heavy atom. The van der Waals surface area contributed by atoms with Crippen LogP contribution in [0.3, 0.4) is 0 Å². The van der Waals surface area contributed by atoms with Gasteiger partial charge in [0.25, 0.3) is 5.91 Å². The Morgan fingerprint density at radius 2 is 1.89 bits per heavy atom. The second-order valence-electron chi connectivity index (χ2n) is 7.93. The number of amides is 4. The Bertz CT molecular complexity index is 1510. The van der Waals surface area contributed by atoms with Crippen molar-refractivity contribution in [3.05, 3.63) is 60.4 Å². The molecule has 0 bridgehead atoms. The standard InChI is InChI=1S/C25H24F2N6O5/c1-37-22-14-19-17(13-18(22)23(34)31-33(11-7-27)24(28)35)21(4-8-29-19)38-16-2-3-20-15(12-16)5-10-32(20)25(36)30-9-6-26/h2-5,8,10,12-14H,6-7,9,11H2,1H3,(H2,28,35)(H,30,36)(H,31,34). The predicted octanol–water partition coefficient (Wildman–Crippen LogP) is 3.51. The molecule has 4 amide bonds. The van der Waals surface area contributed by atoms with Gasteiger partial charge < -0.3 is 20.5 Å². The van der Waals surface area contributed by atoms with Gasteiger partial charge in [0.05, 0.1) is 30.3 Å². The highest BCUT2D eigenvalue weighted by Gasteiger charge is 2.20. The lowest BCUT2D eigenvalue weighted by molar-refractivity contribution is 0.0823. The molecule has 0 fully saturated rings. The maximum absolute atomic E-state index is 12.9. The third-order valence-electron chi connectivity index (χ3n) is 5.56. The number of nitrogens with one attached hydrogen (secondary N) is 2. The molecule has 38 heavy (non-hydrogen) atoms. The van der Waals surface area contributed by atoms with Gasteiger partial charge in [0.15, 0.2) is 0 Å². The van der Waals surface area contributed by atoms with E-state index >= 15 is 0 Å². The lowest BCUT2D eigenvalue weighted by Crippen LogP contribution is -2.49. The number of aromatic nitrogens is 2. The number of pyridine rings is 1. The summed E-state index contributed by atoms with van der Waals surface area (Å²) in [6, 6.07) is 9.93. The van der Waals surface area contributed by atoms with Crippen molar-refractivity contribution in [2.75, 3.05) is 33.5 Å². The molecule has 0 spiro atoms. The molecule has 0 atom stereocenters. The van der Waals surface area contributed by atoms with Gasteiger partial charge in [0.2, 0.25) is 0 Å². The maximum atomic E-state index is 12.9. The molecule has 2 aromatic carbocycles. The average Bonchev–Trinajstić information content (AvgIpc) is 3.34. The van der Waals surface area contributed by atoms with Gasteiger partial charge in [-0.1, -0.05) is 0 Å². The summed E-state index contributed by atoms with van der Waals surface area (Å²) in [5.41, 5.74) is 8.57. The molecule has 0 saturated carbocycles. The number of benzene rings is 2. The van der Waals surface area contributed by atoms with Crippen molar-refractivity contribution in [2.24, 2.45) is 5.73 Å². The van der Waals surface area contributed by atoms with Gasteiger partial charge in [0.1, 0.15) is 30.6 Å². The van der Waals surface area contributed by atoms with E-state index in [4.69, 9.17) is 15.2 Å². The molecule has 0 aliphatic rings. The third-order valence-corrected chi connectivity index (χ3v) is 5.56. The van der Waals surface area contributed by atoms with Crippen LogP contribution < -0.4 is 25.9 Å². The van der Waals surface area contributed by atoms with E-state index in [1.54, 1.807) is 36.5 Å². The van der Waals surface area contributed by atoms with Crippen LogP contribution in [0.2, 0.25) is 0 Å². The molecule has 4 N–H and O–H groups in total. The summed E-state index contributed by atoms with van der Waals surface area (Å²) in [5.74, 6) is 0.219. The first kappa shape index (κ1) is 26.1. The van der Waals surface area contributed by atoms with Crippen LogP contribution >= 0.6 is 0 Å². The number of nitrogens with two attached hydrogens (primary N) is 1. The lowest BCUT2D eigenvalue weighted by Gasteiger charge is -2.20. The highest BCUT2D eigenvalue weighted by molar-refractivity contribution is 6.02. The van der Waals surface area contributed by atoms with Crippen molar-refractivity contribution < 1.29 is 32.6 Å². The average molecular weight is 527 g/mol. The zero-order valence-corrected chi connectivity index (χ0v) is 20.2. The van der Waals surface area contributed by atoms with Gasteiger partial charge in [-0.3, -0.25) is 19.8 Å². The monoisotopic (exact) mass is 526 g/mol. The summed E-state index contributed by atoms with van der Waals surface area (Å²) < 4.78 is 38.0. The van der Waals surface area contributed by atoms with Gasteiger partial charge >= 0.3 is 12.1 Å². The number of hydrazine groups is 1. The second-order valence-corrected chi connectivity index (χ2v) is 7.93. The predicted molar refractivity (Wildman–Crippen MR) is 135 cm³/mol. The summed E-state index contributed by atoms with van der Waals surface area (Å²) in [4.78, 5) is 41.0. The number of hydrogen-bond acceptors (Lipinski definition) is 6. The normalized spacial score (nSPS) is 10.8. The van der Waals surface area contributed by atoms with E-state index in [0.29, 0.717) is 38.3 Å². The van der Waals surface area contributed by atoms with Crippen molar-refractivity contribution in [1.29, 1.82) is 0 Å². The molecule has 11 nitrogen and oxygen atoms in total. The quantitative estimate of drug-likeness (QED) is 0.300. The molecule has 0 aliphatic carbocycles. The van der Waals surface area contributed by atoms with E-state index < -0.39 is 37.9 Å². The number of carbonyl (C=O) groups is 3. The highest BCUT2D eigenvalue weighted by Crippen LogP contribution is 2.34. The van der Waals surface area contributed by atoms with Gasteiger partial charge in [-0.2, -0.15) is 0 Å². The van der Waals surface area contributed by atoms with Crippen molar-refractivity contribution >= 4 is 39.8 Å². The molecule has 198 valence electrons. The van der Waals surface area contributed by atoms with Crippen LogP contribution in [0.15, 0.2) is 54.9 Å². The van der Waals surface area contributed by atoms with E-state index in [9.17, 15) is 23.2 Å². The van der Waals surface area contributed by atoms with Crippen LogP contribution in [-0.2, 0) is 0 Å². The van der Waals surface area contributed by atoms with Gasteiger partial charge in [-0.15, -0.1) is 0 Å². The minimum absolute atomic E-state index is 0.0368. The largest absolute Gasteiger partial charge is 0.496 e. The first-order valence-electron chi connectivity index (χ1n) is 11.4. The van der Waals surface area contributed by atoms with E-state index in [0.717, 1.165) is 0 Å². The number of halogens is 2. The van der Waals surface area contributed by atoms with Crippen LogP contribution in [0.1, 0.15) is 10.4 Å². The van der Waals surface area contributed by atoms with Gasteiger partial charge in [-0.25, -0.2) is 23.4 Å². The number of methoxy groups -OCH3 is 1. The number of urea groups is 1. The Kier molecular flexibility index (Phi) is 7.85. The molecule has 2 heterocycles. The second kappa shape index (κ2) is 11.4. The molecule has 0 aliphatic heterocycles. The molecular weight excluding hydrogens is 502 g/mol. The summed E-state index contributed by atoms with van der Waals surface area (Å²) in [5, 5.41) is 4.29. The minimum atomic E-state index is -1.02. The topological polar surface area (TPSA) is 141 Å². The number of fused-ring (bicyclic) bond motifs is 2. The van der Waals surface area contributed by atoms with Gasteiger partial charge in [0, 0.05) is 35.8 Å². The summed E-state index contributed by atoms with van der Waals surface area (Å²) in [6.45, 7) is -2.08. The lowest BCUT2D eigenvalue weighted by atomic mass is 10.1. The highest BCUT2D eigenvalue weighted by atomic mass is 19.1. The SMILES string of the molecule is COc1cc2nccc(Oc3ccc4c(ccn4C(=O)NCCF)c3)c2cc1C(=O)NN(CCF)C(N)=O. The number of carbonyl (C=O) groups excluding carboxylic acids is 3. The molecule has 4 rings (SSSR count). The van der Waals surface area contributed by atoms with E-state index in [1.165, 1.54) is 30.0 Å². The summed E-state index contributed by atoms with van der Waals surface area (Å²) in [7, 11) is 1.37. The van der Waals surface area contributed by atoms with Crippen molar-refractivity contribution in [3.8, 4) is 17.2 Å². The van der Waals surface area contributed by atoms with E-state index in [1.807, 2.05) is 0 Å². The van der Waals surface area contributed by atoms with Crippen molar-refractivity contribution in [3.63, 3.8) is 0 Å². The Hall–Kier alpha value is -4.94. The van der Waals surface area contributed by atoms with Crippen LogP contribution in [-0.4, -0.2) is 66.1 Å². The fourth-order valence-electron chi connectivity index (χ4n) is 3.80. The zero-order chi connectivity index (χ0) is 27.2.